The number of anilines is 2. The highest BCUT2D eigenvalue weighted by molar-refractivity contribution is 6.16. The van der Waals surface area contributed by atoms with Gasteiger partial charge in [0.2, 0.25) is 0 Å². The van der Waals surface area contributed by atoms with Crippen molar-refractivity contribution in [3.8, 4) is 0 Å². The van der Waals surface area contributed by atoms with Gasteiger partial charge in [0.15, 0.2) is 12.1 Å². The highest BCUT2D eigenvalue weighted by atomic mass is 16.6. The second-order valence-electron chi connectivity index (χ2n) is 6.27. The highest BCUT2D eigenvalue weighted by Gasteiger charge is 2.53. The van der Waals surface area contributed by atoms with Gasteiger partial charge in [-0.2, -0.15) is 0 Å². The SMILES string of the molecule is [3H]C1=NC2=NCC(=C)Nc3cn([C@@H]4O[C@H](CO)[C@@H](O)[C@@]4(C)O)c(c32)N1. The summed E-state index contributed by atoms with van der Waals surface area (Å²) in [7, 11) is 0. The van der Waals surface area contributed by atoms with Crippen LogP contribution in [0.3, 0.4) is 0 Å². The molecule has 1 aromatic heterocycles. The monoisotopic (exact) mass is 335 g/mol. The van der Waals surface area contributed by atoms with Crippen LogP contribution < -0.4 is 10.6 Å². The average Bonchev–Trinajstić information content (AvgIpc) is 2.94. The van der Waals surface area contributed by atoms with Crippen LogP contribution >= 0.6 is 0 Å². The quantitative estimate of drug-likeness (QED) is 0.502. The number of ether oxygens (including phenoxy) is 1. The normalized spacial score (nSPS) is 35.2. The molecule has 3 aliphatic rings. The molecule has 4 rings (SSSR count). The Labute approximate surface area is 139 Å². The minimum Gasteiger partial charge on any atom is -0.394 e. The van der Waals surface area contributed by atoms with Gasteiger partial charge in [-0.05, 0) is 6.92 Å². The Hall–Kier alpha value is -2.20. The summed E-state index contributed by atoms with van der Waals surface area (Å²) in [4.78, 5) is 8.46. The summed E-state index contributed by atoms with van der Waals surface area (Å²) in [6.45, 7) is 5.24. The number of nitrogens with one attached hydrogen (secondary N) is 2. The van der Waals surface area contributed by atoms with E-state index in [4.69, 9.17) is 6.11 Å². The third kappa shape index (κ3) is 2.02. The predicted molar refractivity (Wildman–Crippen MR) is 88.3 cm³/mol. The van der Waals surface area contributed by atoms with E-state index in [1.165, 1.54) is 6.92 Å². The van der Waals surface area contributed by atoms with Crippen molar-refractivity contribution in [3.05, 3.63) is 24.0 Å². The minimum atomic E-state index is -1.64. The molecule has 4 heterocycles. The number of hydrogen-bond donors (Lipinski definition) is 5. The fraction of sp³-hybridized carbons (Fsp3) is 0.467. The molecule has 128 valence electrons. The number of aliphatic imine (C=N–C) groups is 2. The molecule has 24 heavy (non-hydrogen) atoms. The topological polar surface area (TPSA) is 124 Å². The molecule has 0 radical (unpaired) electrons. The van der Waals surface area contributed by atoms with Crippen LogP contribution in [-0.2, 0) is 4.74 Å². The summed E-state index contributed by atoms with van der Waals surface area (Å²) in [6.07, 6.45) is -1.57. The molecule has 9 heteroatoms. The van der Waals surface area contributed by atoms with Gasteiger partial charge in [0, 0.05) is 11.9 Å². The molecule has 1 aromatic rings. The molecule has 1 saturated heterocycles. The van der Waals surface area contributed by atoms with Gasteiger partial charge in [-0.3, -0.25) is 4.99 Å². The van der Waals surface area contributed by atoms with Crippen molar-refractivity contribution >= 4 is 23.7 Å². The molecule has 0 aromatic carbocycles. The molecule has 3 aliphatic heterocycles. The molecular formula is C15H19N5O4. The van der Waals surface area contributed by atoms with Crippen molar-refractivity contribution in [1.82, 2.24) is 4.57 Å². The first kappa shape index (κ1) is 14.2. The van der Waals surface area contributed by atoms with Crippen LogP contribution in [0.4, 0.5) is 11.5 Å². The van der Waals surface area contributed by atoms with Crippen molar-refractivity contribution in [2.75, 3.05) is 23.8 Å². The summed E-state index contributed by atoms with van der Waals surface area (Å²) in [5.74, 6) is 0.850. The molecule has 9 nitrogen and oxygen atoms in total. The lowest BCUT2D eigenvalue weighted by molar-refractivity contribution is -0.0954. The van der Waals surface area contributed by atoms with E-state index in [-0.39, 0.29) is 6.31 Å². The summed E-state index contributed by atoms with van der Waals surface area (Å²) in [5.41, 5.74) is 0.308. The maximum atomic E-state index is 10.7. The molecule has 0 saturated carbocycles. The number of aromatic nitrogens is 1. The lowest BCUT2D eigenvalue weighted by Crippen LogP contribution is -2.44. The number of aliphatic hydroxyl groups excluding tert-OH is 2. The Kier molecular flexibility index (Phi) is 3.04. The fourth-order valence-corrected chi connectivity index (χ4v) is 3.25. The van der Waals surface area contributed by atoms with E-state index in [1.807, 2.05) is 0 Å². The van der Waals surface area contributed by atoms with Crippen molar-refractivity contribution in [2.45, 2.75) is 31.0 Å². The summed E-state index contributed by atoms with van der Waals surface area (Å²) in [6, 6.07) is 0. The third-order valence-electron chi connectivity index (χ3n) is 4.51. The van der Waals surface area contributed by atoms with E-state index < -0.39 is 30.6 Å². The van der Waals surface area contributed by atoms with E-state index in [2.05, 4.69) is 27.2 Å². The molecule has 5 N–H and O–H groups in total. The van der Waals surface area contributed by atoms with Gasteiger partial charge in [0.1, 0.15) is 25.0 Å². The van der Waals surface area contributed by atoms with Gasteiger partial charge in [-0.1, -0.05) is 6.58 Å². The molecule has 0 aliphatic carbocycles. The Morgan fingerprint density at radius 2 is 2.42 bits per heavy atom. The number of amidine groups is 2. The Balaban J connectivity index is 1.86. The predicted octanol–water partition coefficient (Wildman–Crippen LogP) is -0.371. The van der Waals surface area contributed by atoms with Crippen LogP contribution in [0.15, 0.2) is 28.5 Å². The second kappa shape index (κ2) is 5.15. The molecule has 0 amide bonds. The number of nitrogens with zero attached hydrogens (tertiary/aromatic N) is 3. The summed E-state index contributed by atoms with van der Waals surface area (Å²) in [5, 5.41) is 36.3. The van der Waals surface area contributed by atoms with Gasteiger partial charge >= 0.3 is 0 Å². The first-order chi connectivity index (χ1) is 11.8. The lowest BCUT2D eigenvalue weighted by Gasteiger charge is -2.29. The maximum Gasteiger partial charge on any atom is 0.167 e. The molecule has 0 unspecified atom stereocenters. The summed E-state index contributed by atoms with van der Waals surface area (Å²) < 4.78 is 15.1. The van der Waals surface area contributed by atoms with Crippen LogP contribution in [0.1, 0.15) is 20.1 Å². The molecular weight excluding hydrogens is 314 g/mol. The highest BCUT2D eigenvalue weighted by Crippen LogP contribution is 2.43. The largest absolute Gasteiger partial charge is 0.394 e. The van der Waals surface area contributed by atoms with Gasteiger partial charge < -0.3 is 35.3 Å². The van der Waals surface area contributed by atoms with Crippen molar-refractivity contribution in [2.24, 2.45) is 9.98 Å². The van der Waals surface area contributed by atoms with Crippen molar-refractivity contribution in [1.29, 1.82) is 0 Å². The standard InChI is InChI=1S/C15H19N5O4/c1-7-3-16-12-10-8(19-7)4-20(13(10)18-6-17-12)14-15(2,23)11(22)9(5-21)24-14/h4,6,9,11,14,19,21-23H,1,3,5H2,2H3,(H,16,17,18)/t9-,11-,14-,15-/m1/s1/i6T. The first-order valence-electron chi connectivity index (χ1n) is 8.06. The van der Waals surface area contributed by atoms with Crippen LogP contribution in [-0.4, -0.2) is 63.0 Å². The minimum absolute atomic E-state index is 0.0958. The number of hydrogen-bond acceptors (Lipinski definition) is 8. The van der Waals surface area contributed by atoms with Crippen molar-refractivity contribution < 1.29 is 21.4 Å². The van der Waals surface area contributed by atoms with E-state index in [1.54, 1.807) is 10.8 Å². The Morgan fingerprint density at radius 3 is 3.12 bits per heavy atom. The zero-order chi connectivity index (χ0) is 17.9. The number of aliphatic hydroxyl groups is 3. The van der Waals surface area contributed by atoms with Crippen LogP contribution in [0.25, 0.3) is 0 Å². The van der Waals surface area contributed by atoms with E-state index >= 15 is 0 Å². The first-order valence-corrected chi connectivity index (χ1v) is 7.56. The van der Waals surface area contributed by atoms with Crippen molar-refractivity contribution in [3.63, 3.8) is 0 Å². The average molecular weight is 335 g/mol. The van der Waals surface area contributed by atoms with Gasteiger partial charge in [-0.15, -0.1) is 0 Å². The number of rotatable bonds is 2. The van der Waals surface area contributed by atoms with Crippen LogP contribution in [0.2, 0.25) is 0 Å². The van der Waals surface area contributed by atoms with Gasteiger partial charge in [0.05, 0.1) is 30.7 Å². The van der Waals surface area contributed by atoms with E-state index in [0.29, 0.717) is 35.1 Å². The summed E-state index contributed by atoms with van der Waals surface area (Å²) >= 11 is 0. The Morgan fingerprint density at radius 1 is 1.62 bits per heavy atom. The molecule has 0 spiro atoms. The molecule has 1 fully saturated rings. The lowest BCUT2D eigenvalue weighted by atomic mass is 9.96. The zero-order valence-electron chi connectivity index (χ0n) is 14.0. The molecule has 0 bridgehead atoms. The zero-order valence-corrected chi connectivity index (χ0v) is 13.0. The second-order valence-corrected chi connectivity index (χ2v) is 6.27. The van der Waals surface area contributed by atoms with Gasteiger partial charge in [0.25, 0.3) is 0 Å². The smallest absolute Gasteiger partial charge is 0.167 e. The van der Waals surface area contributed by atoms with E-state index in [9.17, 15) is 15.3 Å². The third-order valence-corrected chi connectivity index (χ3v) is 4.51. The van der Waals surface area contributed by atoms with Crippen LogP contribution in [0, 0.1) is 0 Å². The van der Waals surface area contributed by atoms with Gasteiger partial charge in [-0.25, -0.2) is 4.99 Å². The Bertz CT molecular complexity index is 815. The molecule has 4 atom stereocenters. The maximum absolute atomic E-state index is 10.7. The van der Waals surface area contributed by atoms with Crippen LogP contribution in [0.5, 0.6) is 0 Å². The van der Waals surface area contributed by atoms with E-state index in [0.717, 1.165) is 0 Å². The fourth-order valence-electron chi connectivity index (χ4n) is 3.25.